The number of likely N-dealkylation sites (tertiary alicyclic amines) is 1. The Morgan fingerprint density at radius 1 is 1.29 bits per heavy atom. The summed E-state index contributed by atoms with van der Waals surface area (Å²) in [6.07, 6.45) is 7.21. The lowest BCUT2D eigenvalue weighted by Crippen LogP contribution is -2.34. The van der Waals surface area contributed by atoms with Crippen LogP contribution in [0.3, 0.4) is 0 Å². The van der Waals surface area contributed by atoms with E-state index in [9.17, 15) is 4.79 Å². The first-order valence-electron chi connectivity index (χ1n) is 8.87. The van der Waals surface area contributed by atoms with Crippen molar-refractivity contribution in [3.8, 4) is 0 Å². The molecule has 0 radical (unpaired) electrons. The van der Waals surface area contributed by atoms with Crippen molar-refractivity contribution in [2.24, 2.45) is 5.92 Å². The SMILES string of the molecule is Cc1sc2ncnc(NC[C@H]3CC(=O)N(C4CCCC4)C3)c2c1C. The lowest BCUT2D eigenvalue weighted by molar-refractivity contribution is -0.129. The summed E-state index contributed by atoms with van der Waals surface area (Å²) in [5, 5.41) is 4.63. The molecule has 1 atom stereocenters. The van der Waals surface area contributed by atoms with Crippen LogP contribution in [0.15, 0.2) is 6.33 Å². The smallest absolute Gasteiger partial charge is 0.223 e. The van der Waals surface area contributed by atoms with Crippen molar-refractivity contribution in [3.63, 3.8) is 0 Å². The molecule has 0 unspecified atom stereocenters. The second kappa shape index (κ2) is 6.31. The van der Waals surface area contributed by atoms with Gasteiger partial charge in [-0.1, -0.05) is 12.8 Å². The van der Waals surface area contributed by atoms with Crippen LogP contribution in [0.4, 0.5) is 5.82 Å². The molecule has 1 amide bonds. The third-order valence-electron chi connectivity index (χ3n) is 5.53. The number of carbonyl (C=O) groups excluding carboxylic acids is 1. The Morgan fingerprint density at radius 3 is 2.88 bits per heavy atom. The molecule has 1 N–H and O–H groups in total. The van der Waals surface area contributed by atoms with Crippen molar-refractivity contribution < 1.29 is 4.79 Å². The monoisotopic (exact) mass is 344 g/mol. The number of aryl methyl sites for hydroxylation is 2. The predicted molar refractivity (Wildman–Crippen MR) is 97.5 cm³/mol. The zero-order valence-corrected chi connectivity index (χ0v) is 15.2. The third-order valence-corrected chi connectivity index (χ3v) is 6.64. The lowest BCUT2D eigenvalue weighted by Gasteiger charge is -2.24. The molecule has 128 valence electrons. The van der Waals surface area contributed by atoms with Crippen molar-refractivity contribution in [2.45, 2.75) is 52.0 Å². The molecule has 5 nitrogen and oxygen atoms in total. The maximum Gasteiger partial charge on any atom is 0.223 e. The molecule has 1 aliphatic heterocycles. The number of nitrogens with one attached hydrogen (secondary N) is 1. The summed E-state index contributed by atoms with van der Waals surface area (Å²) in [6, 6.07) is 0.495. The van der Waals surface area contributed by atoms with Crippen molar-refractivity contribution in [1.82, 2.24) is 14.9 Å². The highest BCUT2D eigenvalue weighted by atomic mass is 32.1. The molecule has 2 aromatic rings. The van der Waals surface area contributed by atoms with Gasteiger partial charge < -0.3 is 10.2 Å². The number of anilines is 1. The zero-order chi connectivity index (χ0) is 16.7. The molecular formula is C18H24N4OS. The van der Waals surface area contributed by atoms with E-state index >= 15 is 0 Å². The van der Waals surface area contributed by atoms with Crippen molar-refractivity contribution in [3.05, 3.63) is 16.8 Å². The minimum atomic E-state index is 0.337. The van der Waals surface area contributed by atoms with Crippen LogP contribution < -0.4 is 5.32 Å². The van der Waals surface area contributed by atoms with E-state index in [1.807, 2.05) is 0 Å². The Morgan fingerprint density at radius 2 is 2.08 bits per heavy atom. The molecule has 24 heavy (non-hydrogen) atoms. The lowest BCUT2D eigenvalue weighted by atomic mass is 10.1. The molecule has 0 spiro atoms. The second-order valence-electron chi connectivity index (χ2n) is 7.12. The van der Waals surface area contributed by atoms with Crippen LogP contribution in [0.1, 0.15) is 42.5 Å². The van der Waals surface area contributed by atoms with Gasteiger partial charge in [-0.15, -0.1) is 11.3 Å². The van der Waals surface area contributed by atoms with E-state index in [1.165, 1.54) is 36.1 Å². The summed E-state index contributed by atoms with van der Waals surface area (Å²) in [4.78, 5) is 25.6. The predicted octanol–water partition coefficient (Wildman–Crippen LogP) is 3.51. The quantitative estimate of drug-likeness (QED) is 0.922. The van der Waals surface area contributed by atoms with Gasteiger partial charge in [0.05, 0.1) is 5.39 Å². The topological polar surface area (TPSA) is 58.1 Å². The number of rotatable bonds is 4. The van der Waals surface area contributed by atoms with E-state index in [0.717, 1.165) is 29.1 Å². The van der Waals surface area contributed by atoms with Gasteiger partial charge in [0.25, 0.3) is 0 Å². The molecule has 0 aromatic carbocycles. The van der Waals surface area contributed by atoms with Crippen LogP contribution in [0.5, 0.6) is 0 Å². The number of hydrogen-bond donors (Lipinski definition) is 1. The number of thiophene rings is 1. The molecule has 3 heterocycles. The third kappa shape index (κ3) is 2.77. The fourth-order valence-electron chi connectivity index (χ4n) is 4.07. The maximum atomic E-state index is 12.3. The molecule has 0 bridgehead atoms. The summed E-state index contributed by atoms with van der Waals surface area (Å²) in [5.74, 6) is 1.63. The summed E-state index contributed by atoms with van der Waals surface area (Å²) in [6.45, 7) is 5.95. The van der Waals surface area contributed by atoms with Gasteiger partial charge >= 0.3 is 0 Å². The number of carbonyl (C=O) groups is 1. The van der Waals surface area contributed by atoms with E-state index < -0.39 is 0 Å². The summed E-state index contributed by atoms with van der Waals surface area (Å²) in [5.41, 5.74) is 1.26. The normalized spacial score (nSPS) is 22.0. The largest absolute Gasteiger partial charge is 0.369 e. The minimum absolute atomic E-state index is 0.337. The van der Waals surface area contributed by atoms with Gasteiger partial charge in [-0.05, 0) is 32.3 Å². The Hall–Kier alpha value is -1.69. The van der Waals surface area contributed by atoms with Gasteiger partial charge in [-0.25, -0.2) is 9.97 Å². The molecule has 2 aromatic heterocycles. The first-order chi connectivity index (χ1) is 11.6. The number of aromatic nitrogens is 2. The Labute approximate surface area is 146 Å². The van der Waals surface area contributed by atoms with Crippen LogP contribution in [-0.4, -0.2) is 39.9 Å². The molecule has 1 aliphatic carbocycles. The average Bonchev–Trinajstić information content (AvgIpc) is 3.27. The summed E-state index contributed by atoms with van der Waals surface area (Å²) < 4.78 is 0. The second-order valence-corrected chi connectivity index (χ2v) is 8.32. The van der Waals surface area contributed by atoms with Crippen molar-refractivity contribution >= 4 is 33.3 Å². The summed E-state index contributed by atoms with van der Waals surface area (Å²) >= 11 is 1.72. The van der Waals surface area contributed by atoms with Crippen molar-refractivity contribution in [1.29, 1.82) is 0 Å². The number of hydrogen-bond acceptors (Lipinski definition) is 5. The number of amides is 1. The summed E-state index contributed by atoms with van der Waals surface area (Å²) in [7, 11) is 0. The van der Waals surface area contributed by atoms with Gasteiger partial charge in [-0.3, -0.25) is 4.79 Å². The fourth-order valence-corrected chi connectivity index (χ4v) is 5.07. The first-order valence-corrected chi connectivity index (χ1v) is 9.69. The first kappa shape index (κ1) is 15.8. The van der Waals surface area contributed by atoms with Crippen LogP contribution in [0.2, 0.25) is 0 Å². The van der Waals surface area contributed by atoms with Gasteiger partial charge in [0.1, 0.15) is 17.0 Å². The van der Waals surface area contributed by atoms with Gasteiger partial charge in [0.15, 0.2) is 0 Å². The molecule has 6 heteroatoms. The highest BCUT2D eigenvalue weighted by Gasteiger charge is 2.35. The van der Waals surface area contributed by atoms with Crippen LogP contribution >= 0.6 is 11.3 Å². The number of nitrogens with zero attached hydrogens (tertiary/aromatic N) is 3. The van der Waals surface area contributed by atoms with E-state index in [0.29, 0.717) is 24.3 Å². The Bertz CT molecular complexity index is 766. The van der Waals surface area contributed by atoms with Crippen LogP contribution in [-0.2, 0) is 4.79 Å². The fraction of sp³-hybridized carbons (Fsp3) is 0.611. The molecule has 2 aliphatic rings. The van der Waals surface area contributed by atoms with Crippen LogP contribution in [0, 0.1) is 19.8 Å². The van der Waals surface area contributed by atoms with Gasteiger partial charge in [-0.2, -0.15) is 0 Å². The standard InChI is InChI=1S/C18H24N4OS/c1-11-12(2)24-18-16(11)17(20-10-21-18)19-8-13-7-15(23)22(9-13)14-5-3-4-6-14/h10,13-14H,3-9H2,1-2H3,(H,19,20,21)/t13-/m1/s1. The maximum absolute atomic E-state index is 12.3. The molecular weight excluding hydrogens is 320 g/mol. The van der Waals surface area contributed by atoms with E-state index in [4.69, 9.17) is 0 Å². The highest BCUT2D eigenvalue weighted by molar-refractivity contribution is 7.18. The molecule has 2 fully saturated rings. The van der Waals surface area contributed by atoms with Crippen molar-refractivity contribution in [2.75, 3.05) is 18.4 Å². The van der Waals surface area contributed by atoms with E-state index in [2.05, 4.69) is 34.0 Å². The van der Waals surface area contributed by atoms with Gasteiger partial charge in [0, 0.05) is 36.3 Å². The van der Waals surface area contributed by atoms with Gasteiger partial charge in [0.2, 0.25) is 5.91 Å². The highest BCUT2D eigenvalue weighted by Crippen LogP contribution is 2.33. The molecule has 1 saturated heterocycles. The van der Waals surface area contributed by atoms with Crippen LogP contribution in [0.25, 0.3) is 10.2 Å². The van der Waals surface area contributed by atoms with E-state index in [-0.39, 0.29) is 0 Å². The average molecular weight is 344 g/mol. The zero-order valence-electron chi connectivity index (χ0n) is 14.3. The molecule has 1 saturated carbocycles. The molecule has 4 rings (SSSR count). The Kier molecular flexibility index (Phi) is 4.16. The number of fused-ring (bicyclic) bond motifs is 1. The Balaban J connectivity index is 1.45. The van der Waals surface area contributed by atoms with E-state index in [1.54, 1.807) is 17.7 Å². The minimum Gasteiger partial charge on any atom is -0.369 e.